The average Bonchev–Trinajstić information content (AvgIpc) is 3.53. The molecule has 0 saturated heterocycles. The van der Waals surface area contributed by atoms with Crippen LogP contribution >= 0.6 is 0 Å². The lowest BCUT2D eigenvalue weighted by Crippen LogP contribution is -2.57. The average molecular weight is 680 g/mol. The minimum atomic E-state index is -4.46. The number of hydrogen-bond acceptors (Lipinski definition) is 5. The van der Waals surface area contributed by atoms with Gasteiger partial charge in [-0.2, -0.15) is 13.2 Å². The third-order valence-electron chi connectivity index (χ3n) is 8.96. The quantitative estimate of drug-likeness (QED) is 0.144. The number of aliphatic hydroxyl groups excluding tert-OH is 1. The summed E-state index contributed by atoms with van der Waals surface area (Å²) in [6.45, 7) is 0.199. The number of rotatable bonds is 13. The van der Waals surface area contributed by atoms with E-state index in [-0.39, 0.29) is 24.3 Å². The van der Waals surface area contributed by atoms with Gasteiger partial charge >= 0.3 is 6.18 Å². The SMILES string of the molecule is CS(=O)(=O)N(c1ccccc1)c1ccccc1C(=O)NC1([C@H](Cc2ccccc2)[C@@H](O)CNCc2cccc(C(F)(F)F)c2)CCCC1. The van der Waals surface area contributed by atoms with E-state index in [1.165, 1.54) is 6.07 Å². The van der Waals surface area contributed by atoms with Crippen LogP contribution in [0.2, 0.25) is 0 Å². The number of benzene rings is 4. The number of para-hydroxylation sites is 2. The van der Waals surface area contributed by atoms with Gasteiger partial charge in [0, 0.05) is 24.5 Å². The molecule has 3 N–H and O–H groups in total. The number of nitrogens with one attached hydrogen (secondary N) is 2. The van der Waals surface area contributed by atoms with Crippen molar-refractivity contribution in [2.75, 3.05) is 17.1 Å². The first-order valence-electron chi connectivity index (χ1n) is 15.9. The number of hydrogen-bond donors (Lipinski definition) is 3. The van der Waals surface area contributed by atoms with Crippen molar-refractivity contribution in [2.24, 2.45) is 5.92 Å². The van der Waals surface area contributed by atoms with Gasteiger partial charge in [0.05, 0.1) is 34.9 Å². The topological polar surface area (TPSA) is 98.7 Å². The molecule has 1 amide bonds. The van der Waals surface area contributed by atoms with E-state index in [4.69, 9.17) is 0 Å². The van der Waals surface area contributed by atoms with Crippen LogP contribution in [0.1, 0.15) is 52.7 Å². The molecule has 2 atom stereocenters. The van der Waals surface area contributed by atoms with Gasteiger partial charge in [-0.3, -0.25) is 4.79 Å². The van der Waals surface area contributed by atoms with E-state index in [2.05, 4.69) is 10.6 Å². The fraction of sp³-hybridized carbons (Fsp3) is 0.324. The summed E-state index contributed by atoms with van der Waals surface area (Å²) in [5, 5.41) is 18.2. The Morgan fingerprint density at radius 3 is 2.12 bits per heavy atom. The molecule has 1 fully saturated rings. The summed E-state index contributed by atoms with van der Waals surface area (Å²) < 4.78 is 67.1. The molecule has 7 nitrogen and oxygen atoms in total. The molecule has 5 rings (SSSR count). The van der Waals surface area contributed by atoms with E-state index in [1.807, 2.05) is 30.3 Å². The van der Waals surface area contributed by atoms with Crippen molar-refractivity contribution >= 4 is 27.3 Å². The highest BCUT2D eigenvalue weighted by atomic mass is 32.2. The fourth-order valence-corrected chi connectivity index (χ4v) is 7.76. The third-order valence-corrected chi connectivity index (χ3v) is 10.0. The summed E-state index contributed by atoms with van der Waals surface area (Å²) in [6, 6.07) is 29.8. The molecule has 4 aromatic rings. The van der Waals surface area contributed by atoms with Crippen molar-refractivity contribution in [3.05, 3.63) is 131 Å². The standard InChI is InChI=1S/C37H40F3N3O4S/c1-48(46,47)43(30-17-6-3-7-18-30)33-20-9-8-19-31(33)35(45)42-36(21-10-11-22-36)32(24-27-13-4-2-5-14-27)34(44)26-41-25-28-15-12-16-29(23-28)37(38,39)40/h2-9,12-20,23,32,34,41,44H,10-11,21-22,24-26H2,1H3,(H,42,45)/t32-,34+/m1/s1. The minimum absolute atomic E-state index is 0.0812. The van der Waals surface area contributed by atoms with Crippen LogP contribution in [-0.4, -0.2) is 43.9 Å². The van der Waals surface area contributed by atoms with E-state index < -0.39 is 45.2 Å². The summed E-state index contributed by atoms with van der Waals surface area (Å²) >= 11 is 0. The largest absolute Gasteiger partial charge is 0.416 e. The summed E-state index contributed by atoms with van der Waals surface area (Å²) in [5.41, 5.74) is 0.603. The van der Waals surface area contributed by atoms with Crippen LogP contribution in [0.25, 0.3) is 0 Å². The zero-order chi connectivity index (χ0) is 34.4. The summed E-state index contributed by atoms with van der Waals surface area (Å²) in [5.74, 6) is -0.924. The van der Waals surface area contributed by atoms with Gasteiger partial charge in [0.25, 0.3) is 5.91 Å². The normalized spacial score (nSPS) is 15.9. The Morgan fingerprint density at radius 2 is 1.48 bits per heavy atom. The Labute approximate surface area is 279 Å². The molecule has 4 aromatic carbocycles. The number of aliphatic hydroxyl groups is 1. The maximum atomic E-state index is 14.3. The minimum Gasteiger partial charge on any atom is -0.391 e. The fourth-order valence-electron chi connectivity index (χ4n) is 6.74. The number of nitrogens with zero attached hydrogens (tertiary/aromatic N) is 1. The molecule has 0 aliphatic heterocycles. The lowest BCUT2D eigenvalue weighted by atomic mass is 9.74. The maximum absolute atomic E-state index is 14.3. The first-order valence-corrected chi connectivity index (χ1v) is 17.8. The maximum Gasteiger partial charge on any atom is 0.416 e. The van der Waals surface area contributed by atoms with E-state index >= 15 is 0 Å². The lowest BCUT2D eigenvalue weighted by molar-refractivity contribution is -0.137. The second-order valence-electron chi connectivity index (χ2n) is 12.4. The zero-order valence-corrected chi connectivity index (χ0v) is 27.5. The molecule has 0 aromatic heterocycles. The monoisotopic (exact) mass is 679 g/mol. The van der Waals surface area contributed by atoms with Gasteiger partial charge in [0.15, 0.2) is 0 Å². The number of sulfonamides is 1. The predicted molar refractivity (Wildman–Crippen MR) is 181 cm³/mol. The molecule has 0 radical (unpaired) electrons. The second-order valence-corrected chi connectivity index (χ2v) is 14.2. The van der Waals surface area contributed by atoms with E-state index in [9.17, 15) is 31.5 Å². The molecule has 0 bridgehead atoms. The molecule has 1 aliphatic carbocycles. The molecule has 0 unspecified atom stereocenters. The molecule has 0 spiro atoms. The van der Waals surface area contributed by atoms with Gasteiger partial charge in [-0.25, -0.2) is 12.7 Å². The molecular formula is C37H40F3N3O4S. The van der Waals surface area contributed by atoms with Crippen molar-refractivity contribution in [2.45, 2.75) is 56.5 Å². The van der Waals surface area contributed by atoms with Crippen LogP contribution in [0.15, 0.2) is 109 Å². The molecular weight excluding hydrogens is 639 g/mol. The van der Waals surface area contributed by atoms with Gasteiger partial charge in [0.1, 0.15) is 0 Å². The molecule has 1 aliphatic rings. The van der Waals surface area contributed by atoms with Gasteiger partial charge in [-0.15, -0.1) is 0 Å². The van der Waals surface area contributed by atoms with Crippen LogP contribution in [0.4, 0.5) is 24.5 Å². The van der Waals surface area contributed by atoms with Gasteiger partial charge < -0.3 is 15.7 Å². The summed E-state index contributed by atoms with van der Waals surface area (Å²) in [6.07, 6.45) is -1.08. The summed E-state index contributed by atoms with van der Waals surface area (Å²) in [4.78, 5) is 14.3. The molecule has 11 heteroatoms. The van der Waals surface area contributed by atoms with Gasteiger partial charge in [-0.05, 0) is 60.7 Å². The number of carbonyl (C=O) groups is 1. The van der Waals surface area contributed by atoms with Crippen molar-refractivity contribution in [3.63, 3.8) is 0 Å². The first kappa shape index (κ1) is 35.1. The van der Waals surface area contributed by atoms with E-state index in [1.54, 1.807) is 60.7 Å². The lowest BCUT2D eigenvalue weighted by Gasteiger charge is -2.42. The molecule has 254 valence electrons. The molecule has 1 saturated carbocycles. The Hall–Kier alpha value is -4.19. The Kier molecular flexibility index (Phi) is 10.9. The van der Waals surface area contributed by atoms with Gasteiger partial charge in [-0.1, -0.05) is 91.7 Å². The summed E-state index contributed by atoms with van der Waals surface area (Å²) in [7, 11) is -3.84. The first-order chi connectivity index (χ1) is 22.9. The number of alkyl halides is 3. The van der Waals surface area contributed by atoms with Crippen LogP contribution in [0.3, 0.4) is 0 Å². The van der Waals surface area contributed by atoms with Crippen molar-refractivity contribution in [3.8, 4) is 0 Å². The van der Waals surface area contributed by atoms with Crippen LogP contribution < -0.4 is 14.9 Å². The Morgan fingerprint density at radius 1 is 0.875 bits per heavy atom. The highest BCUT2D eigenvalue weighted by Crippen LogP contribution is 2.41. The van der Waals surface area contributed by atoms with Crippen LogP contribution in [0.5, 0.6) is 0 Å². The van der Waals surface area contributed by atoms with E-state index in [0.29, 0.717) is 30.5 Å². The number of carbonyl (C=O) groups excluding carboxylic acids is 1. The zero-order valence-electron chi connectivity index (χ0n) is 26.7. The van der Waals surface area contributed by atoms with Crippen LogP contribution in [-0.2, 0) is 29.2 Å². The number of amides is 1. The smallest absolute Gasteiger partial charge is 0.391 e. The Balaban J connectivity index is 1.43. The van der Waals surface area contributed by atoms with Gasteiger partial charge in [0.2, 0.25) is 10.0 Å². The highest BCUT2D eigenvalue weighted by molar-refractivity contribution is 7.92. The highest BCUT2D eigenvalue weighted by Gasteiger charge is 2.46. The Bertz CT molecular complexity index is 1780. The molecule has 0 heterocycles. The van der Waals surface area contributed by atoms with Crippen molar-refractivity contribution in [1.29, 1.82) is 0 Å². The second kappa shape index (κ2) is 14.9. The van der Waals surface area contributed by atoms with Crippen molar-refractivity contribution in [1.82, 2.24) is 10.6 Å². The van der Waals surface area contributed by atoms with E-state index in [0.717, 1.165) is 41.1 Å². The van der Waals surface area contributed by atoms with Crippen LogP contribution in [0, 0.1) is 5.92 Å². The van der Waals surface area contributed by atoms with Crippen molar-refractivity contribution < 1.29 is 31.5 Å². The third kappa shape index (κ3) is 8.44. The number of halogens is 3. The number of anilines is 2. The molecule has 48 heavy (non-hydrogen) atoms. The predicted octanol–water partition coefficient (Wildman–Crippen LogP) is 6.86.